The Morgan fingerprint density at radius 3 is 2.87 bits per heavy atom. The van der Waals surface area contributed by atoms with Gasteiger partial charge in [0.1, 0.15) is 6.33 Å². The summed E-state index contributed by atoms with van der Waals surface area (Å²) in [5, 5.41) is 1.24. The van der Waals surface area contributed by atoms with Crippen molar-refractivity contribution in [1.29, 1.82) is 0 Å². The third-order valence-corrected chi connectivity index (χ3v) is 6.88. The number of hydrogen-bond acceptors (Lipinski definition) is 6. The molecule has 4 rings (SSSR count). The van der Waals surface area contributed by atoms with Crippen molar-refractivity contribution in [1.82, 2.24) is 24.6 Å². The number of fused-ring (bicyclic) bond motifs is 1. The number of methoxy groups -OCH3 is 1. The van der Waals surface area contributed by atoms with E-state index in [1.165, 1.54) is 10.9 Å². The van der Waals surface area contributed by atoms with Crippen molar-refractivity contribution in [2.75, 3.05) is 51.8 Å². The molecule has 2 aromatic heterocycles. The normalized spacial score (nSPS) is 16.0. The first-order valence-corrected chi connectivity index (χ1v) is 12.0. The third kappa shape index (κ3) is 5.23. The summed E-state index contributed by atoms with van der Waals surface area (Å²) in [7, 11) is 2.35. The summed E-state index contributed by atoms with van der Waals surface area (Å²) in [5.41, 5.74) is 3.56. The number of piperazine rings is 1. The Morgan fingerprint density at radius 1 is 1.26 bits per heavy atom. The van der Waals surface area contributed by atoms with E-state index in [9.17, 15) is 4.21 Å². The quantitative estimate of drug-likeness (QED) is 0.528. The number of benzene rings is 1. The summed E-state index contributed by atoms with van der Waals surface area (Å²) >= 11 is 0. The van der Waals surface area contributed by atoms with Crippen LogP contribution in [0.4, 0.5) is 5.82 Å². The van der Waals surface area contributed by atoms with Crippen molar-refractivity contribution in [3.05, 3.63) is 48.0 Å². The van der Waals surface area contributed by atoms with Crippen LogP contribution in [0.25, 0.3) is 10.9 Å². The van der Waals surface area contributed by atoms with Gasteiger partial charge in [-0.2, -0.15) is 0 Å². The molecular formula is C22H30N6O2S. The zero-order chi connectivity index (χ0) is 21.6. The summed E-state index contributed by atoms with van der Waals surface area (Å²) in [5.74, 6) is 2.14. The Kier molecular flexibility index (Phi) is 7.16. The molecule has 166 valence electrons. The number of aryl methyl sites for hydroxylation is 1. The molecule has 1 unspecified atom stereocenters. The monoisotopic (exact) mass is 442 g/mol. The molecule has 2 N–H and O–H groups in total. The van der Waals surface area contributed by atoms with Crippen molar-refractivity contribution in [3.8, 4) is 5.75 Å². The number of hydrogen-bond donors (Lipinski definition) is 2. The molecule has 3 heterocycles. The van der Waals surface area contributed by atoms with Crippen LogP contribution in [0.15, 0.2) is 36.9 Å². The van der Waals surface area contributed by atoms with Crippen molar-refractivity contribution < 1.29 is 8.95 Å². The second kappa shape index (κ2) is 10.2. The molecule has 1 saturated heterocycles. The highest BCUT2D eigenvalue weighted by molar-refractivity contribution is 7.82. The smallest absolute Gasteiger partial charge is 0.179 e. The van der Waals surface area contributed by atoms with Crippen molar-refractivity contribution >= 4 is 27.7 Å². The van der Waals surface area contributed by atoms with Gasteiger partial charge in [0, 0.05) is 43.3 Å². The first kappa shape index (κ1) is 21.7. The molecule has 1 aliphatic rings. The molecule has 1 fully saturated rings. The molecule has 1 atom stereocenters. The number of aromatic amines is 1. The van der Waals surface area contributed by atoms with E-state index in [4.69, 9.17) is 4.74 Å². The molecule has 0 aliphatic carbocycles. The number of rotatable bonds is 9. The van der Waals surface area contributed by atoms with Crippen LogP contribution in [0.5, 0.6) is 5.75 Å². The van der Waals surface area contributed by atoms with Crippen LogP contribution in [0.2, 0.25) is 0 Å². The van der Waals surface area contributed by atoms with Crippen molar-refractivity contribution in [2.45, 2.75) is 18.6 Å². The van der Waals surface area contributed by atoms with Gasteiger partial charge in [-0.1, -0.05) is 6.07 Å². The van der Waals surface area contributed by atoms with Crippen LogP contribution >= 0.6 is 0 Å². The molecule has 0 radical (unpaired) electrons. The predicted molar refractivity (Wildman–Crippen MR) is 125 cm³/mol. The molecule has 0 bridgehead atoms. The standard InChI is InChI=1S/C22H30N6O2S/c1-23-31(29)15-17-5-6-20-19(12-17)18(13-25-20)4-3-7-27-8-10-28(11-9-27)22-21(30-2)14-24-16-26-22/h5-6,12-14,16,23,25H,3-4,7-11,15H2,1-2H3. The minimum Gasteiger partial charge on any atom is -0.491 e. The van der Waals surface area contributed by atoms with Gasteiger partial charge in [-0.25, -0.2) is 18.9 Å². The van der Waals surface area contributed by atoms with E-state index < -0.39 is 11.0 Å². The predicted octanol–water partition coefficient (Wildman–Crippen LogP) is 2.10. The van der Waals surface area contributed by atoms with Gasteiger partial charge in [-0.05, 0) is 49.7 Å². The Morgan fingerprint density at radius 2 is 2.10 bits per heavy atom. The maximum Gasteiger partial charge on any atom is 0.179 e. The van der Waals surface area contributed by atoms with Gasteiger partial charge >= 0.3 is 0 Å². The molecule has 0 saturated carbocycles. The summed E-state index contributed by atoms with van der Waals surface area (Å²) in [6, 6.07) is 6.30. The van der Waals surface area contributed by atoms with E-state index in [1.807, 2.05) is 6.07 Å². The molecule has 31 heavy (non-hydrogen) atoms. The number of aromatic nitrogens is 3. The molecule has 1 aliphatic heterocycles. The number of nitrogens with one attached hydrogen (secondary N) is 2. The average Bonchev–Trinajstić information content (AvgIpc) is 3.21. The fourth-order valence-corrected chi connectivity index (χ4v) is 4.74. The second-order valence-electron chi connectivity index (χ2n) is 7.73. The lowest BCUT2D eigenvalue weighted by Crippen LogP contribution is -2.47. The fourth-order valence-electron chi connectivity index (χ4n) is 4.11. The van der Waals surface area contributed by atoms with E-state index in [0.29, 0.717) is 5.75 Å². The van der Waals surface area contributed by atoms with Crippen LogP contribution in [0.1, 0.15) is 17.5 Å². The lowest BCUT2D eigenvalue weighted by molar-refractivity contribution is 0.253. The van der Waals surface area contributed by atoms with Gasteiger partial charge in [-0.15, -0.1) is 0 Å². The van der Waals surface area contributed by atoms with E-state index in [1.54, 1.807) is 26.7 Å². The minimum atomic E-state index is -1.03. The molecule has 0 amide bonds. The lowest BCUT2D eigenvalue weighted by Gasteiger charge is -2.35. The highest BCUT2D eigenvalue weighted by Crippen LogP contribution is 2.25. The summed E-state index contributed by atoms with van der Waals surface area (Å²) < 4.78 is 20.0. The Labute approximate surface area is 185 Å². The molecule has 0 spiro atoms. The highest BCUT2D eigenvalue weighted by Gasteiger charge is 2.20. The number of H-pyrrole nitrogens is 1. The van der Waals surface area contributed by atoms with E-state index in [-0.39, 0.29) is 0 Å². The number of nitrogens with zero attached hydrogens (tertiary/aromatic N) is 4. The Bertz CT molecular complexity index is 1030. The van der Waals surface area contributed by atoms with Gasteiger partial charge < -0.3 is 14.6 Å². The molecule has 8 nitrogen and oxygen atoms in total. The van der Waals surface area contributed by atoms with Gasteiger partial charge in [0.15, 0.2) is 11.6 Å². The molecule has 1 aromatic carbocycles. The Balaban J connectivity index is 1.29. The first-order chi connectivity index (χ1) is 15.2. The van der Waals surface area contributed by atoms with Gasteiger partial charge in [0.2, 0.25) is 0 Å². The summed E-state index contributed by atoms with van der Waals surface area (Å²) in [4.78, 5) is 16.6. The SMILES string of the molecule is CNS(=O)Cc1ccc2[nH]cc(CCCN3CCN(c4ncncc4OC)CC3)c2c1. The number of ether oxygens (including phenoxy) is 1. The Hall–Kier alpha value is -2.49. The van der Waals surface area contributed by atoms with Gasteiger partial charge in [0.25, 0.3) is 0 Å². The summed E-state index contributed by atoms with van der Waals surface area (Å²) in [6.07, 6.45) is 7.54. The fraction of sp³-hybridized carbons (Fsp3) is 0.455. The highest BCUT2D eigenvalue weighted by atomic mass is 32.2. The third-order valence-electron chi connectivity index (χ3n) is 5.83. The van der Waals surface area contributed by atoms with Gasteiger partial charge in [-0.3, -0.25) is 4.90 Å². The summed E-state index contributed by atoms with van der Waals surface area (Å²) in [6.45, 7) is 4.98. The zero-order valence-electron chi connectivity index (χ0n) is 18.1. The van der Waals surface area contributed by atoms with Crippen LogP contribution in [0.3, 0.4) is 0 Å². The molecule has 3 aromatic rings. The minimum absolute atomic E-state index is 0.526. The first-order valence-electron chi connectivity index (χ1n) is 10.6. The van der Waals surface area contributed by atoms with E-state index in [2.05, 4.69) is 47.8 Å². The molecule has 9 heteroatoms. The van der Waals surface area contributed by atoms with Crippen LogP contribution in [-0.4, -0.2) is 70.9 Å². The molecular weight excluding hydrogens is 412 g/mol. The van der Waals surface area contributed by atoms with Gasteiger partial charge in [0.05, 0.1) is 30.0 Å². The topological polar surface area (TPSA) is 86.4 Å². The number of anilines is 1. The second-order valence-corrected chi connectivity index (χ2v) is 9.12. The maximum absolute atomic E-state index is 11.8. The lowest BCUT2D eigenvalue weighted by atomic mass is 10.1. The van der Waals surface area contributed by atoms with E-state index in [0.717, 1.165) is 68.2 Å². The van der Waals surface area contributed by atoms with Crippen LogP contribution in [-0.2, 0) is 23.2 Å². The zero-order valence-corrected chi connectivity index (χ0v) is 19.0. The average molecular weight is 443 g/mol. The van der Waals surface area contributed by atoms with Crippen LogP contribution in [0, 0.1) is 0 Å². The van der Waals surface area contributed by atoms with E-state index >= 15 is 0 Å². The maximum atomic E-state index is 11.8. The van der Waals surface area contributed by atoms with Crippen molar-refractivity contribution in [2.24, 2.45) is 0 Å². The van der Waals surface area contributed by atoms with Crippen molar-refractivity contribution in [3.63, 3.8) is 0 Å². The van der Waals surface area contributed by atoms with Crippen LogP contribution < -0.4 is 14.4 Å². The largest absolute Gasteiger partial charge is 0.491 e.